The van der Waals surface area contributed by atoms with Crippen LogP contribution < -0.4 is 15.6 Å². The molecule has 170 valence electrons. The summed E-state index contributed by atoms with van der Waals surface area (Å²) in [4.78, 5) is 35.6. The molecule has 1 amide bonds. The second-order valence-corrected chi connectivity index (χ2v) is 8.39. The summed E-state index contributed by atoms with van der Waals surface area (Å²) in [5.74, 6) is 0.854. The largest absolute Gasteiger partial charge is 0.481 e. The van der Waals surface area contributed by atoms with Gasteiger partial charge in [0.25, 0.3) is 11.5 Å². The monoisotopic (exact) mass is 444 g/mol. The predicted octanol–water partition coefficient (Wildman–Crippen LogP) is 4.04. The molecule has 33 heavy (non-hydrogen) atoms. The average Bonchev–Trinajstić information content (AvgIpc) is 3.18. The Bertz CT molecular complexity index is 1360. The Hall–Kier alpha value is -3.87. The quantitative estimate of drug-likeness (QED) is 0.400. The number of benzene rings is 2. The maximum atomic E-state index is 13.1. The van der Waals surface area contributed by atoms with Crippen molar-refractivity contribution in [2.75, 3.05) is 0 Å². The number of ether oxygens (including phenoxy) is 1. The molecule has 0 saturated carbocycles. The minimum Gasteiger partial charge on any atom is -0.481 e. The van der Waals surface area contributed by atoms with Crippen molar-refractivity contribution in [1.29, 1.82) is 0 Å². The lowest BCUT2D eigenvalue weighted by molar-refractivity contribution is -0.128. The Labute approximate surface area is 192 Å². The second kappa shape index (κ2) is 9.32. The molecule has 0 saturated heterocycles. The number of H-pyrrole nitrogens is 2. The SMILES string of the molecule is Cc1nc(C(Cc2c[nH]c3ccccc23)NC(=O)C(C)Oc2ccc(C)c(C)c2)cc(=O)[nH]1. The highest BCUT2D eigenvalue weighted by Crippen LogP contribution is 2.24. The van der Waals surface area contributed by atoms with E-state index in [1.54, 1.807) is 13.8 Å². The van der Waals surface area contributed by atoms with Crippen LogP contribution in [-0.4, -0.2) is 27.0 Å². The predicted molar refractivity (Wildman–Crippen MR) is 128 cm³/mol. The van der Waals surface area contributed by atoms with Crippen molar-refractivity contribution in [3.8, 4) is 5.75 Å². The maximum absolute atomic E-state index is 13.1. The molecule has 0 bridgehead atoms. The molecule has 2 aromatic heterocycles. The van der Waals surface area contributed by atoms with Crippen molar-refractivity contribution < 1.29 is 9.53 Å². The minimum atomic E-state index is -0.722. The summed E-state index contributed by atoms with van der Waals surface area (Å²) < 4.78 is 5.90. The fraction of sp³-hybridized carbons (Fsp3) is 0.269. The molecule has 2 atom stereocenters. The first kappa shape index (κ1) is 22.3. The number of hydrogen-bond acceptors (Lipinski definition) is 4. The molecule has 0 aliphatic carbocycles. The molecule has 2 aromatic carbocycles. The van der Waals surface area contributed by atoms with Crippen LogP contribution in [0.4, 0.5) is 0 Å². The standard InChI is InChI=1S/C26H28N4O3/c1-15-9-10-20(11-16(15)2)33-17(3)26(32)30-23(24-13-25(31)29-18(4)28-24)12-19-14-27-22-8-6-5-7-21(19)22/h5-11,13-14,17,23,27H,12H2,1-4H3,(H,30,32)(H,28,29,31). The van der Waals surface area contributed by atoms with Crippen molar-refractivity contribution in [3.63, 3.8) is 0 Å². The second-order valence-electron chi connectivity index (χ2n) is 8.39. The molecule has 7 heteroatoms. The third kappa shape index (κ3) is 5.14. The highest BCUT2D eigenvalue weighted by molar-refractivity contribution is 5.84. The van der Waals surface area contributed by atoms with Crippen LogP contribution in [0.5, 0.6) is 5.75 Å². The summed E-state index contributed by atoms with van der Waals surface area (Å²) in [6.45, 7) is 7.47. The van der Waals surface area contributed by atoms with Crippen LogP contribution in [0.3, 0.4) is 0 Å². The molecular formula is C26H28N4O3. The Morgan fingerprint density at radius 1 is 1.09 bits per heavy atom. The zero-order valence-electron chi connectivity index (χ0n) is 19.2. The lowest BCUT2D eigenvalue weighted by atomic mass is 10.0. The number of aromatic amines is 2. The summed E-state index contributed by atoms with van der Waals surface area (Å²) in [5.41, 5.74) is 4.55. The zero-order chi connectivity index (χ0) is 23.5. The number of aryl methyl sites for hydroxylation is 3. The molecule has 0 spiro atoms. The molecule has 7 nitrogen and oxygen atoms in total. The molecule has 4 aromatic rings. The van der Waals surface area contributed by atoms with E-state index in [9.17, 15) is 9.59 Å². The number of nitrogens with zero attached hydrogens (tertiary/aromatic N) is 1. The van der Waals surface area contributed by atoms with Crippen LogP contribution in [-0.2, 0) is 11.2 Å². The summed E-state index contributed by atoms with van der Waals surface area (Å²) in [6.07, 6.45) is 1.68. The molecule has 2 unspecified atom stereocenters. The minimum absolute atomic E-state index is 0.255. The lowest BCUT2D eigenvalue weighted by Gasteiger charge is -2.22. The van der Waals surface area contributed by atoms with Crippen molar-refractivity contribution in [2.24, 2.45) is 0 Å². The van der Waals surface area contributed by atoms with Gasteiger partial charge < -0.3 is 20.0 Å². The fourth-order valence-corrected chi connectivity index (χ4v) is 3.86. The molecule has 0 aliphatic rings. The summed E-state index contributed by atoms with van der Waals surface area (Å²) in [7, 11) is 0. The summed E-state index contributed by atoms with van der Waals surface area (Å²) in [5, 5.41) is 4.11. The first-order chi connectivity index (χ1) is 15.8. The van der Waals surface area contributed by atoms with Crippen LogP contribution in [0.25, 0.3) is 10.9 Å². The Morgan fingerprint density at radius 3 is 2.64 bits per heavy atom. The van der Waals surface area contributed by atoms with Crippen molar-refractivity contribution in [1.82, 2.24) is 20.3 Å². The normalized spacial score (nSPS) is 13.0. The van der Waals surface area contributed by atoms with Gasteiger partial charge in [0.15, 0.2) is 6.10 Å². The molecule has 3 N–H and O–H groups in total. The fourth-order valence-electron chi connectivity index (χ4n) is 3.86. The summed E-state index contributed by atoms with van der Waals surface area (Å²) in [6, 6.07) is 14.7. The molecule has 4 rings (SSSR count). The number of carbonyl (C=O) groups excluding carboxylic acids is 1. The van der Waals surface area contributed by atoms with E-state index in [-0.39, 0.29) is 11.5 Å². The van der Waals surface area contributed by atoms with Crippen LogP contribution in [0.2, 0.25) is 0 Å². The highest BCUT2D eigenvalue weighted by Gasteiger charge is 2.23. The van der Waals surface area contributed by atoms with Crippen molar-refractivity contribution in [2.45, 2.75) is 46.3 Å². The number of para-hydroxylation sites is 1. The van der Waals surface area contributed by atoms with Crippen LogP contribution in [0, 0.1) is 20.8 Å². The van der Waals surface area contributed by atoms with Gasteiger partial charge in [0, 0.05) is 29.6 Å². The van der Waals surface area contributed by atoms with E-state index in [4.69, 9.17) is 4.74 Å². The van der Waals surface area contributed by atoms with Gasteiger partial charge in [-0.15, -0.1) is 0 Å². The Kier molecular flexibility index (Phi) is 6.31. The van der Waals surface area contributed by atoms with E-state index in [2.05, 4.69) is 20.3 Å². The van der Waals surface area contributed by atoms with Crippen LogP contribution in [0.1, 0.15) is 41.2 Å². The highest BCUT2D eigenvalue weighted by atomic mass is 16.5. The molecule has 0 aliphatic heterocycles. The van der Waals surface area contributed by atoms with Gasteiger partial charge in [0.2, 0.25) is 0 Å². The molecule has 0 radical (unpaired) electrons. The van der Waals surface area contributed by atoms with E-state index < -0.39 is 12.1 Å². The van der Waals surface area contributed by atoms with Crippen molar-refractivity contribution >= 4 is 16.8 Å². The Balaban J connectivity index is 1.59. The number of amides is 1. The number of carbonyl (C=O) groups is 1. The van der Waals surface area contributed by atoms with Gasteiger partial charge in [0.05, 0.1) is 11.7 Å². The molecule has 2 heterocycles. The first-order valence-electron chi connectivity index (χ1n) is 11.0. The average molecular weight is 445 g/mol. The third-order valence-electron chi connectivity index (χ3n) is 5.81. The smallest absolute Gasteiger partial charge is 0.261 e. The number of hydrogen-bond donors (Lipinski definition) is 3. The van der Waals surface area contributed by atoms with E-state index in [1.165, 1.54) is 6.07 Å². The number of aromatic nitrogens is 3. The van der Waals surface area contributed by atoms with E-state index in [0.29, 0.717) is 23.7 Å². The van der Waals surface area contributed by atoms with Gasteiger partial charge >= 0.3 is 0 Å². The van der Waals surface area contributed by atoms with E-state index >= 15 is 0 Å². The van der Waals surface area contributed by atoms with E-state index in [1.807, 2.05) is 62.5 Å². The van der Waals surface area contributed by atoms with Gasteiger partial charge in [-0.2, -0.15) is 0 Å². The topological polar surface area (TPSA) is 99.9 Å². The lowest BCUT2D eigenvalue weighted by Crippen LogP contribution is -2.40. The zero-order valence-corrected chi connectivity index (χ0v) is 19.2. The summed E-state index contributed by atoms with van der Waals surface area (Å²) >= 11 is 0. The van der Waals surface area contributed by atoms with Crippen LogP contribution in [0.15, 0.2) is 59.5 Å². The van der Waals surface area contributed by atoms with Gasteiger partial charge in [0.1, 0.15) is 11.6 Å². The van der Waals surface area contributed by atoms with Crippen molar-refractivity contribution in [3.05, 3.63) is 93.3 Å². The van der Waals surface area contributed by atoms with Gasteiger partial charge in [-0.3, -0.25) is 9.59 Å². The first-order valence-corrected chi connectivity index (χ1v) is 11.0. The molecule has 0 fully saturated rings. The van der Waals surface area contributed by atoms with Gasteiger partial charge in [-0.05, 0) is 62.6 Å². The third-order valence-corrected chi connectivity index (χ3v) is 5.81. The number of rotatable bonds is 7. The Morgan fingerprint density at radius 2 is 1.88 bits per heavy atom. The van der Waals surface area contributed by atoms with E-state index in [0.717, 1.165) is 27.6 Å². The maximum Gasteiger partial charge on any atom is 0.261 e. The van der Waals surface area contributed by atoms with Crippen LogP contribution >= 0.6 is 0 Å². The molecular weight excluding hydrogens is 416 g/mol. The van der Waals surface area contributed by atoms with Gasteiger partial charge in [-0.1, -0.05) is 24.3 Å². The van der Waals surface area contributed by atoms with Gasteiger partial charge in [-0.25, -0.2) is 4.98 Å². The number of nitrogens with one attached hydrogen (secondary N) is 3. The number of fused-ring (bicyclic) bond motifs is 1.